The van der Waals surface area contributed by atoms with Crippen LogP contribution in [0.15, 0.2) is 35.2 Å². The molecule has 0 aliphatic rings. The zero-order valence-electron chi connectivity index (χ0n) is 7.62. The predicted molar refractivity (Wildman–Crippen MR) is 51.4 cm³/mol. The van der Waals surface area contributed by atoms with E-state index < -0.39 is 0 Å². The van der Waals surface area contributed by atoms with Gasteiger partial charge >= 0.3 is 0 Å². The van der Waals surface area contributed by atoms with Crippen molar-refractivity contribution in [2.75, 3.05) is 12.4 Å². The van der Waals surface area contributed by atoms with Crippen molar-refractivity contribution in [3.05, 3.63) is 36.6 Å². The van der Waals surface area contributed by atoms with Crippen molar-refractivity contribution in [2.24, 2.45) is 0 Å². The minimum Gasteiger partial charge on any atom is -0.443 e. The Labute approximate surface area is 80.6 Å². The van der Waals surface area contributed by atoms with Crippen LogP contribution < -0.4 is 5.32 Å². The zero-order valence-corrected chi connectivity index (χ0v) is 7.62. The second-order valence-electron chi connectivity index (χ2n) is 2.81. The van der Waals surface area contributed by atoms with E-state index in [-0.39, 0.29) is 5.82 Å². The third-order valence-electron chi connectivity index (χ3n) is 1.96. The lowest BCUT2D eigenvalue weighted by Gasteiger charge is -2.02. The van der Waals surface area contributed by atoms with Gasteiger partial charge in [0, 0.05) is 12.7 Å². The summed E-state index contributed by atoms with van der Waals surface area (Å²) in [5.74, 6) is 0.110. The first-order chi connectivity index (χ1) is 6.81. The summed E-state index contributed by atoms with van der Waals surface area (Å²) < 4.78 is 18.5. The number of hydrogen-bond donors (Lipinski definition) is 1. The standard InChI is InChI=1S/C10H9FN2O/c1-12-7-2-3-8(9(11)4-7)10-5-13-6-14-10/h2-6,12H,1H3. The molecule has 0 bridgehead atoms. The Morgan fingerprint density at radius 2 is 2.29 bits per heavy atom. The SMILES string of the molecule is CNc1ccc(-c2cnco2)c(F)c1. The molecule has 0 spiro atoms. The van der Waals surface area contributed by atoms with Gasteiger partial charge in [-0.05, 0) is 18.2 Å². The molecule has 1 N–H and O–H groups in total. The normalized spacial score (nSPS) is 10.1. The summed E-state index contributed by atoms with van der Waals surface area (Å²) in [4.78, 5) is 3.73. The summed E-state index contributed by atoms with van der Waals surface area (Å²) in [6, 6.07) is 4.85. The summed E-state index contributed by atoms with van der Waals surface area (Å²) >= 11 is 0. The molecule has 0 fully saturated rings. The van der Waals surface area contributed by atoms with Crippen molar-refractivity contribution >= 4 is 5.69 Å². The van der Waals surface area contributed by atoms with E-state index in [9.17, 15) is 4.39 Å². The highest BCUT2D eigenvalue weighted by atomic mass is 19.1. The number of nitrogens with zero attached hydrogens (tertiary/aromatic N) is 1. The fourth-order valence-corrected chi connectivity index (χ4v) is 1.22. The van der Waals surface area contributed by atoms with Crippen LogP contribution in [0.5, 0.6) is 0 Å². The van der Waals surface area contributed by atoms with Gasteiger partial charge in [0.1, 0.15) is 5.82 Å². The Morgan fingerprint density at radius 3 is 2.86 bits per heavy atom. The van der Waals surface area contributed by atoms with Crippen LogP contribution in [-0.2, 0) is 0 Å². The number of benzene rings is 1. The zero-order chi connectivity index (χ0) is 9.97. The first-order valence-corrected chi connectivity index (χ1v) is 4.17. The van der Waals surface area contributed by atoms with Gasteiger partial charge in [-0.15, -0.1) is 0 Å². The molecular formula is C10H9FN2O. The van der Waals surface area contributed by atoms with E-state index in [0.717, 1.165) is 5.69 Å². The second kappa shape index (κ2) is 3.49. The minimum atomic E-state index is -0.325. The Bertz CT molecular complexity index is 426. The van der Waals surface area contributed by atoms with Crippen LogP contribution in [0.25, 0.3) is 11.3 Å². The lowest BCUT2D eigenvalue weighted by molar-refractivity contribution is 0.561. The van der Waals surface area contributed by atoms with Crippen LogP contribution >= 0.6 is 0 Å². The summed E-state index contributed by atoms with van der Waals surface area (Å²) in [6.45, 7) is 0. The van der Waals surface area contributed by atoms with Gasteiger partial charge in [0.05, 0.1) is 11.8 Å². The Kier molecular flexibility index (Phi) is 2.18. The number of oxazole rings is 1. The number of anilines is 1. The van der Waals surface area contributed by atoms with Crippen molar-refractivity contribution in [2.45, 2.75) is 0 Å². The first kappa shape index (κ1) is 8.74. The van der Waals surface area contributed by atoms with Gasteiger partial charge < -0.3 is 9.73 Å². The van der Waals surface area contributed by atoms with Crippen LogP contribution in [0.2, 0.25) is 0 Å². The molecule has 14 heavy (non-hydrogen) atoms. The molecule has 0 atom stereocenters. The van der Waals surface area contributed by atoms with Crippen molar-refractivity contribution in [1.29, 1.82) is 0 Å². The molecule has 1 aromatic heterocycles. The average molecular weight is 192 g/mol. The van der Waals surface area contributed by atoms with E-state index in [2.05, 4.69) is 10.3 Å². The van der Waals surface area contributed by atoms with Gasteiger partial charge in [-0.3, -0.25) is 0 Å². The second-order valence-corrected chi connectivity index (χ2v) is 2.81. The molecule has 0 aliphatic heterocycles. The molecule has 4 heteroatoms. The highest BCUT2D eigenvalue weighted by Crippen LogP contribution is 2.24. The number of halogens is 1. The molecule has 72 valence electrons. The fourth-order valence-electron chi connectivity index (χ4n) is 1.22. The third-order valence-corrected chi connectivity index (χ3v) is 1.96. The summed E-state index contributed by atoms with van der Waals surface area (Å²) in [5.41, 5.74) is 1.15. The first-order valence-electron chi connectivity index (χ1n) is 4.17. The van der Waals surface area contributed by atoms with Crippen LogP contribution in [-0.4, -0.2) is 12.0 Å². The molecule has 3 nitrogen and oxygen atoms in total. The molecule has 2 aromatic rings. The highest BCUT2D eigenvalue weighted by molar-refractivity contribution is 5.61. The Balaban J connectivity index is 2.46. The number of aromatic nitrogens is 1. The van der Waals surface area contributed by atoms with Crippen molar-refractivity contribution in [3.63, 3.8) is 0 Å². The van der Waals surface area contributed by atoms with Gasteiger partial charge in [0.15, 0.2) is 12.2 Å². The maximum atomic E-state index is 13.5. The Hall–Kier alpha value is -1.84. The summed E-state index contributed by atoms with van der Waals surface area (Å²) in [5, 5.41) is 2.85. The molecule has 0 amide bonds. The maximum Gasteiger partial charge on any atom is 0.181 e. The van der Waals surface area contributed by atoms with E-state index in [0.29, 0.717) is 11.3 Å². The van der Waals surface area contributed by atoms with Crippen LogP contribution in [0, 0.1) is 5.82 Å². The van der Waals surface area contributed by atoms with Crippen molar-refractivity contribution in [1.82, 2.24) is 4.98 Å². The van der Waals surface area contributed by atoms with E-state index in [4.69, 9.17) is 4.42 Å². The van der Waals surface area contributed by atoms with Crippen molar-refractivity contribution in [3.8, 4) is 11.3 Å². The number of hydrogen-bond acceptors (Lipinski definition) is 3. The molecule has 0 radical (unpaired) electrons. The predicted octanol–water partition coefficient (Wildman–Crippen LogP) is 2.52. The number of rotatable bonds is 2. The summed E-state index contributed by atoms with van der Waals surface area (Å²) in [6.07, 6.45) is 2.76. The molecule has 0 saturated heterocycles. The highest BCUT2D eigenvalue weighted by Gasteiger charge is 2.08. The van der Waals surface area contributed by atoms with Crippen molar-refractivity contribution < 1.29 is 8.81 Å². The smallest absolute Gasteiger partial charge is 0.181 e. The van der Waals surface area contributed by atoms with E-state index in [1.165, 1.54) is 18.7 Å². The van der Waals surface area contributed by atoms with E-state index in [1.54, 1.807) is 19.2 Å². The molecular weight excluding hydrogens is 183 g/mol. The van der Waals surface area contributed by atoms with Gasteiger partial charge in [-0.1, -0.05) is 0 Å². The van der Waals surface area contributed by atoms with E-state index in [1.807, 2.05) is 0 Å². The van der Waals surface area contributed by atoms with Gasteiger partial charge in [0.25, 0.3) is 0 Å². The minimum absolute atomic E-state index is 0.325. The molecule has 1 aromatic carbocycles. The Morgan fingerprint density at radius 1 is 1.43 bits per heavy atom. The monoisotopic (exact) mass is 192 g/mol. The molecule has 2 rings (SSSR count). The van der Waals surface area contributed by atoms with Gasteiger partial charge in [-0.2, -0.15) is 0 Å². The number of nitrogens with one attached hydrogen (secondary N) is 1. The molecule has 0 saturated carbocycles. The van der Waals surface area contributed by atoms with Crippen LogP contribution in [0.3, 0.4) is 0 Å². The lowest BCUT2D eigenvalue weighted by atomic mass is 10.1. The largest absolute Gasteiger partial charge is 0.443 e. The van der Waals surface area contributed by atoms with E-state index >= 15 is 0 Å². The maximum absolute atomic E-state index is 13.5. The molecule has 0 unspecified atom stereocenters. The van der Waals surface area contributed by atoms with Crippen LogP contribution in [0.4, 0.5) is 10.1 Å². The van der Waals surface area contributed by atoms with Gasteiger partial charge in [0.2, 0.25) is 0 Å². The topological polar surface area (TPSA) is 38.1 Å². The molecule has 0 aliphatic carbocycles. The molecule has 1 heterocycles. The quantitative estimate of drug-likeness (QED) is 0.794. The summed E-state index contributed by atoms with van der Waals surface area (Å²) in [7, 11) is 1.74. The third kappa shape index (κ3) is 1.46. The average Bonchev–Trinajstić information content (AvgIpc) is 2.70. The fraction of sp³-hybridized carbons (Fsp3) is 0.100. The van der Waals surface area contributed by atoms with Crippen LogP contribution in [0.1, 0.15) is 0 Å². The lowest BCUT2D eigenvalue weighted by Crippen LogP contribution is -1.90. The van der Waals surface area contributed by atoms with Gasteiger partial charge in [-0.25, -0.2) is 9.37 Å².